The van der Waals surface area contributed by atoms with E-state index in [0.717, 1.165) is 11.1 Å². The first-order valence-electron chi connectivity index (χ1n) is 10.6. The number of benzene rings is 3. The molecule has 0 spiro atoms. The number of hydrogen-bond donors (Lipinski definition) is 1. The molecule has 0 bridgehead atoms. The number of rotatable bonds is 10. The van der Waals surface area contributed by atoms with Crippen molar-refractivity contribution in [1.29, 1.82) is 0 Å². The first-order chi connectivity index (χ1) is 16.0. The van der Waals surface area contributed by atoms with Gasteiger partial charge in [0.05, 0.1) is 5.75 Å². The molecule has 172 valence electrons. The van der Waals surface area contributed by atoms with Gasteiger partial charge in [0.2, 0.25) is 11.8 Å². The van der Waals surface area contributed by atoms with Crippen LogP contribution in [0.1, 0.15) is 16.7 Å². The number of halogens is 2. The van der Waals surface area contributed by atoms with Gasteiger partial charge in [-0.2, -0.15) is 0 Å². The molecule has 0 saturated carbocycles. The van der Waals surface area contributed by atoms with Gasteiger partial charge in [0.25, 0.3) is 0 Å². The van der Waals surface area contributed by atoms with Gasteiger partial charge in [-0.3, -0.25) is 9.59 Å². The van der Waals surface area contributed by atoms with E-state index >= 15 is 0 Å². The third kappa shape index (κ3) is 7.07. The number of thioether (sulfide) groups is 1. The van der Waals surface area contributed by atoms with Gasteiger partial charge in [0.1, 0.15) is 11.9 Å². The van der Waals surface area contributed by atoms with Crippen molar-refractivity contribution in [2.45, 2.75) is 24.8 Å². The molecule has 7 heteroatoms. The maximum atomic E-state index is 14.4. The minimum absolute atomic E-state index is 0.00306. The van der Waals surface area contributed by atoms with Gasteiger partial charge in [-0.25, -0.2) is 4.39 Å². The Hall–Kier alpha value is -2.83. The lowest BCUT2D eigenvalue weighted by Gasteiger charge is -2.31. The molecule has 3 rings (SSSR count). The van der Waals surface area contributed by atoms with Crippen LogP contribution in [0.4, 0.5) is 4.39 Å². The summed E-state index contributed by atoms with van der Waals surface area (Å²) in [6.45, 7) is 0.00306. The lowest BCUT2D eigenvalue weighted by atomic mass is 10.0. The molecule has 0 aliphatic carbocycles. The summed E-state index contributed by atoms with van der Waals surface area (Å²) in [5, 5.41) is 3.31. The Kier molecular flexibility index (Phi) is 9.34. The minimum atomic E-state index is -0.773. The normalized spacial score (nSPS) is 11.6. The van der Waals surface area contributed by atoms with E-state index in [-0.39, 0.29) is 24.1 Å². The molecule has 0 heterocycles. The van der Waals surface area contributed by atoms with E-state index in [1.165, 1.54) is 29.8 Å². The van der Waals surface area contributed by atoms with Crippen LogP contribution in [0.2, 0.25) is 5.02 Å². The van der Waals surface area contributed by atoms with Gasteiger partial charge < -0.3 is 10.2 Å². The molecule has 0 unspecified atom stereocenters. The number of carbonyl (C=O) groups excluding carboxylic acids is 2. The number of carbonyl (C=O) groups is 2. The van der Waals surface area contributed by atoms with Crippen LogP contribution in [0, 0.1) is 5.82 Å². The second kappa shape index (κ2) is 12.4. The monoisotopic (exact) mass is 484 g/mol. The molecule has 0 saturated heterocycles. The molecular weight excluding hydrogens is 459 g/mol. The lowest BCUT2D eigenvalue weighted by Crippen LogP contribution is -2.50. The maximum absolute atomic E-state index is 14.4. The van der Waals surface area contributed by atoms with Crippen molar-refractivity contribution in [2.75, 3.05) is 12.8 Å². The molecule has 3 aromatic rings. The van der Waals surface area contributed by atoms with Crippen molar-refractivity contribution in [3.63, 3.8) is 0 Å². The minimum Gasteiger partial charge on any atom is -0.357 e. The summed E-state index contributed by atoms with van der Waals surface area (Å²) in [6.07, 6.45) is 0.329. The van der Waals surface area contributed by atoms with Crippen molar-refractivity contribution < 1.29 is 14.0 Å². The third-order valence-corrected chi connectivity index (χ3v) is 6.59. The van der Waals surface area contributed by atoms with E-state index in [0.29, 0.717) is 22.8 Å². The van der Waals surface area contributed by atoms with Crippen LogP contribution >= 0.6 is 23.4 Å². The van der Waals surface area contributed by atoms with E-state index in [9.17, 15) is 14.0 Å². The molecular formula is C26H26ClFN2O2S. The summed E-state index contributed by atoms with van der Waals surface area (Å²) in [7, 11) is 1.54. The Bertz CT molecular complexity index is 1080. The van der Waals surface area contributed by atoms with Crippen LogP contribution < -0.4 is 5.32 Å². The van der Waals surface area contributed by atoms with Crippen molar-refractivity contribution in [2.24, 2.45) is 0 Å². The molecule has 0 aliphatic rings. The predicted octanol–water partition coefficient (Wildman–Crippen LogP) is 5.10. The fourth-order valence-corrected chi connectivity index (χ4v) is 4.67. The van der Waals surface area contributed by atoms with Gasteiger partial charge in [-0.05, 0) is 23.3 Å². The first-order valence-corrected chi connectivity index (χ1v) is 12.1. The zero-order valence-electron chi connectivity index (χ0n) is 18.3. The lowest BCUT2D eigenvalue weighted by molar-refractivity contribution is -0.139. The molecule has 0 aromatic heterocycles. The van der Waals surface area contributed by atoms with Crippen molar-refractivity contribution >= 4 is 35.2 Å². The van der Waals surface area contributed by atoms with E-state index in [2.05, 4.69) is 5.32 Å². The summed E-state index contributed by atoms with van der Waals surface area (Å²) in [6, 6.07) is 22.5. The third-order valence-electron chi connectivity index (χ3n) is 5.26. The zero-order chi connectivity index (χ0) is 23.6. The highest BCUT2D eigenvalue weighted by Crippen LogP contribution is 2.22. The Morgan fingerprint density at radius 3 is 2.27 bits per heavy atom. The number of hydrogen-bond acceptors (Lipinski definition) is 3. The fourth-order valence-electron chi connectivity index (χ4n) is 3.48. The van der Waals surface area contributed by atoms with Gasteiger partial charge >= 0.3 is 0 Å². The molecule has 0 aliphatic heterocycles. The van der Waals surface area contributed by atoms with E-state index in [4.69, 9.17) is 11.6 Å². The molecule has 2 amide bonds. The largest absolute Gasteiger partial charge is 0.357 e. The average Bonchev–Trinajstić information content (AvgIpc) is 2.83. The first kappa shape index (κ1) is 24.8. The van der Waals surface area contributed by atoms with Gasteiger partial charge in [0, 0.05) is 36.4 Å². The number of nitrogens with zero attached hydrogens (tertiary/aromatic N) is 1. The molecule has 1 N–H and O–H groups in total. The Balaban J connectivity index is 1.83. The highest BCUT2D eigenvalue weighted by atomic mass is 35.5. The van der Waals surface area contributed by atoms with Gasteiger partial charge in [-0.1, -0.05) is 78.3 Å². The summed E-state index contributed by atoms with van der Waals surface area (Å²) < 4.78 is 14.4. The van der Waals surface area contributed by atoms with Crippen molar-refractivity contribution in [3.8, 4) is 0 Å². The van der Waals surface area contributed by atoms with E-state index in [1.54, 1.807) is 18.2 Å². The SMILES string of the molecule is CNC(=O)[C@@H](Cc1ccccc1)N(Cc1ccccc1F)C(=O)CSCc1ccccc1Cl. The second-order valence-corrected chi connectivity index (χ2v) is 8.91. The van der Waals surface area contributed by atoms with Crippen LogP contribution in [-0.4, -0.2) is 35.6 Å². The molecule has 4 nitrogen and oxygen atoms in total. The predicted molar refractivity (Wildman–Crippen MR) is 133 cm³/mol. The van der Waals surface area contributed by atoms with Crippen LogP contribution in [-0.2, 0) is 28.3 Å². The highest BCUT2D eigenvalue weighted by Gasteiger charge is 2.30. The molecule has 0 fully saturated rings. The Morgan fingerprint density at radius 1 is 0.970 bits per heavy atom. The molecule has 3 aromatic carbocycles. The number of likely N-dealkylation sites (N-methyl/N-ethyl adjacent to an activating group) is 1. The zero-order valence-corrected chi connectivity index (χ0v) is 19.9. The number of amides is 2. The van der Waals surface area contributed by atoms with Crippen molar-refractivity contribution in [1.82, 2.24) is 10.2 Å². The summed E-state index contributed by atoms with van der Waals surface area (Å²) in [5.74, 6) is -0.238. The average molecular weight is 485 g/mol. The second-order valence-electron chi connectivity index (χ2n) is 7.52. The Labute approximate surface area is 203 Å². The summed E-state index contributed by atoms with van der Waals surface area (Å²) >= 11 is 7.64. The quantitative estimate of drug-likeness (QED) is 0.435. The topological polar surface area (TPSA) is 49.4 Å². The van der Waals surface area contributed by atoms with Gasteiger partial charge in [0.15, 0.2) is 0 Å². The summed E-state index contributed by atoms with van der Waals surface area (Å²) in [5.41, 5.74) is 2.22. The smallest absolute Gasteiger partial charge is 0.242 e. The highest BCUT2D eigenvalue weighted by molar-refractivity contribution is 7.99. The van der Waals surface area contributed by atoms with Gasteiger partial charge in [-0.15, -0.1) is 11.8 Å². The van der Waals surface area contributed by atoms with E-state index < -0.39 is 11.9 Å². The van der Waals surface area contributed by atoms with Crippen molar-refractivity contribution in [3.05, 3.63) is 106 Å². The van der Waals surface area contributed by atoms with Crippen LogP contribution in [0.3, 0.4) is 0 Å². The van der Waals surface area contributed by atoms with Crippen LogP contribution in [0.5, 0.6) is 0 Å². The molecule has 0 radical (unpaired) electrons. The standard InChI is InChI=1S/C26H26ClFN2O2S/c1-29-26(32)24(15-19-9-3-2-4-10-19)30(16-20-11-6-8-14-23(20)28)25(31)18-33-17-21-12-5-7-13-22(21)27/h2-14,24H,15-18H2,1H3,(H,29,32)/t24-/m1/s1. The van der Waals surface area contributed by atoms with E-state index in [1.807, 2.05) is 54.6 Å². The van der Waals surface area contributed by atoms with Crippen LogP contribution in [0.25, 0.3) is 0 Å². The molecule has 1 atom stereocenters. The molecule has 33 heavy (non-hydrogen) atoms. The maximum Gasteiger partial charge on any atom is 0.242 e. The Morgan fingerprint density at radius 2 is 1.61 bits per heavy atom. The number of nitrogens with one attached hydrogen (secondary N) is 1. The fraction of sp³-hybridized carbons (Fsp3) is 0.231. The van der Waals surface area contributed by atoms with Crippen LogP contribution in [0.15, 0.2) is 78.9 Å². The summed E-state index contributed by atoms with van der Waals surface area (Å²) in [4.78, 5) is 27.7.